The summed E-state index contributed by atoms with van der Waals surface area (Å²) in [7, 11) is 0. The van der Waals surface area contributed by atoms with Crippen LogP contribution in [-0.4, -0.2) is 9.13 Å². The molecule has 2 heterocycles. The second kappa shape index (κ2) is 12.7. The predicted octanol–water partition coefficient (Wildman–Crippen LogP) is 13.7. The standard InChI is InChI=1S/C51H36N2/c1-35-9-8-10-43(33-35)53-50-16-7-4-13-46(50)47-34-41(29-32-51(47)53)40-25-21-37(22-26-40)18-17-36-19-23-38(24-20-36)39-27-30-42(31-28-39)52-48-14-5-2-11-44(48)45-12-3-6-15-49(45)52/h2-34H,1H3. The highest BCUT2D eigenvalue weighted by Crippen LogP contribution is 2.36. The Morgan fingerprint density at radius 2 is 0.755 bits per heavy atom. The number of nitrogens with zero attached hydrogens (tertiary/aromatic N) is 2. The topological polar surface area (TPSA) is 9.86 Å². The second-order valence-corrected chi connectivity index (χ2v) is 13.9. The molecule has 0 bridgehead atoms. The molecular formula is C51H36N2. The Kier molecular flexibility index (Phi) is 7.40. The average Bonchev–Trinajstić information content (AvgIpc) is 3.73. The monoisotopic (exact) mass is 676 g/mol. The Labute approximate surface area is 309 Å². The summed E-state index contributed by atoms with van der Waals surface area (Å²) in [5.41, 5.74) is 15.7. The summed E-state index contributed by atoms with van der Waals surface area (Å²) >= 11 is 0. The van der Waals surface area contributed by atoms with E-state index in [9.17, 15) is 0 Å². The molecule has 0 aliphatic rings. The van der Waals surface area contributed by atoms with Gasteiger partial charge in [-0.25, -0.2) is 0 Å². The van der Waals surface area contributed by atoms with Gasteiger partial charge in [-0.15, -0.1) is 0 Å². The van der Waals surface area contributed by atoms with Crippen molar-refractivity contribution in [1.29, 1.82) is 0 Å². The molecule has 0 radical (unpaired) electrons. The highest BCUT2D eigenvalue weighted by molar-refractivity contribution is 6.11. The largest absolute Gasteiger partial charge is 0.309 e. The molecule has 0 fully saturated rings. The molecule has 250 valence electrons. The molecule has 0 spiro atoms. The minimum atomic E-state index is 1.17. The van der Waals surface area contributed by atoms with Crippen LogP contribution in [-0.2, 0) is 0 Å². The fraction of sp³-hybridized carbons (Fsp3) is 0.0196. The van der Waals surface area contributed by atoms with Gasteiger partial charge < -0.3 is 9.13 Å². The summed E-state index contributed by atoms with van der Waals surface area (Å²) in [4.78, 5) is 0. The zero-order valence-corrected chi connectivity index (χ0v) is 29.4. The Balaban J connectivity index is 0.875. The van der Waals surface area contributed by atoms with Crippen LogP contribution in [0.15, 0.2) is 188 Å². The van der Waals surface area contributed by atoms with E-state index in [4.69, 9.17) is 0 Å². The van der Waals surface area contributed by atoms with E-state index in [0.29, 0.717) is 0 Å². The Hall–Kier alpha value is -6.90. The lowest BCUT2D eigenvalue weighted by Gasteiger charge is -2.09. The molecule has 0 aliphatic heterocycles. The summed E-state index contributed by atoms with van der Waals surface area (Å²) in [6.45, 7) is 2.15. The van der Waals surface area contributed by atoms with Gasteiger partial charge in [-0.3, -0.25) is 0 Å². The van der Waals surface area contributed by atoms with Gasteiger partial charge in [-0.05, 0) is 100 Å². The number of aryl methyl sites for hydroxylation is 1. The van der Waals surface area contributed by atoms with Gasteiger partial charge in [-0.1, -0.05) is 146 Å². The number of hydrogen-bond donors (Lipinski definition) is 0. The van der Waals surface area contributed by atoms with Gasteiger partial charge in [0.05, 0.1) is 22.1 Å². The van der Waals surface area contributed by atoms with Crippen LogP contribution in [0, 0.1) is 6.92 Å². The SMILES string of the molecule is Cc1cccc(-n2c3ccccc3c3cc(-c4ccc(C=Cc5ccc(-c6ccc(-n7c8ccccc8c8ccccc87)cc6)cc5)cc4)ccc32)c1. The van der Waals surface area contributed by atoms with Crippen molar-refractivity contribution < 1.29 is 0 Å². The Morgan fingerprint density at radius 1 is 0.321 bits per heavy atom. The summed E-state index contributed by atoms with van der Waals surface area (Å²) in [6.07, 6.45) is 4.38. The van der Waals surface area contributed by atoms with Gasteiger partial charge in [0, 0.05) is 32.9 Å². The molecule has 8 aromatic carbocycles. The lowest BCUT2D eigenvalue weighted by atomic mass is 10.0. The van der Waals surface area contributed by atoms with Crippen molar-refractivity contribution in [2.24, 2.45) is 0 Å². The van der Waals surface area contributed by atoms with Crippen LogP contribution < -0.4 is 0 Å². The van der Waals surface area contributed by atoms with Crippen LogP contribution >= 0.6 is 0 Å². The highest BCUT2D eigenvalue weighted by atomic mass is 15.0. The summed E-state index contributed by atoms with van der Waals surface area (Å²) < 4.78 is 4.74. The van der Waals surface area contributed by atoms with E-state index in [2.05, 4.69) is 216 Å². The maximum absolute atomic E-state index is 2.38. The first kappa shape index (κ1) is 30.9. The number of fused-ring (bicyclic) bond motifs is 6. The first-order chi connectivity index (χ1) is 26.2. The summed E-state index contributed by atoms with van der Waals surface area (Å²) in [6, 6.07) is 68.2. The summed E-state index contributed by atoms with van der Waals surface area (Å²) in [5.74, 6) is 0. The van der Waals surface area contributed by atoms with Crippen molar-refractivity contribution >= 4 is 55.8 Å². The van der Waals surface area contributed by atoms with Crippen LogP contribution in [0.3, 0.4) is 0 Å². The highest BCUT2D eigenvalue weighted by Gasteiger charge is 2.14. The molecule has 0 N–H and O–H groups in total. The van der Waals surface area contributed by atoms with Crippen molar-refractivity contribution in [1.82, 2.24) is 9.13 Å². The molecule has 2 aromatic heterocycles. The lowest BCUT2D eigenvalue weighted by molar-refractivity contribution is 1.17. The third-order valence-corrected chi connectivity index (χ3v) is 10.6. The van der Waals surface area contributed by atoms with Crippen LogP contribution in [0.1, 0.15) is 16.7 Å². The van der Waals surface area contributed by atoms with Crippen LogP contribution in [0.5, 0.6) is 0 Å². The number of aromatic nitrogens is 2. The molecule has 0 amide bonds. The molecule has 53 heavy (non-hydrogen) atoms. The van der Waals surface area contributed by atoms with Gasteiger partial charge in [0.1, 0.15) is 0 Å². The molecule has 0 atom stereocenters. The van der Waals surface area contributed by atoms with E-state index < -0.39 is 0 Å². The van der Waals surface area contributed by atoms with Crippen LogP contribution in [0.2, 0.25) is 0 Å². The van der Waals surface area contributed by atoms with E-state index in [1.54, 1.807) is 0 Å². The van der Waals surface area contributed by atoms with Gasteiger partial charge in [0.2, 0.25) is 0 Å². The van der Waals surface area contributed by atoms with Crippen LogP contribution in [0.4, 0.5) is 0 Å². The van der Waals surface area contributed by atoms with Gasteiger partial charge >= 0.3 is 0 Å². The zero-order valence-electron chi connectivity index (χ0n) is 29.4. The lowest BCUT2D eigenvalue weighted by Crippen LogP contribution is -1.94. The predicted molar refractivity (Wildman–Crippen MR) is 226 cm³/mol. The van der Waals surface area contributed by atoms with Crippen molar-refractivity contribution in [3.05, 3.63) is 205 Å². The van der Waals surface area contributed by atoms with Gasteiger partial charge in [0.25, 0.3) is 0 Å². The van der Waals surface area contributed by atoms with E-state index in [-0.39, 0.29) is 0 Å². The minimum Gasteiger partial charge on any atom is -0.309 e. The average molecular weight is 677 g/mol. The molecule has 0 saturated heterocycles. The first-order valence-electron chi connectivity index (χ1n) is 18.3. The molecule has 10 aromatic rings. The van der Waals surface area contributed by atoms with E-state index >= 15 is 0 Å². The summed E-state index contributed by atoms with van der Waals surface area (Å²) in [5, 5.41) is 5.10. The van der Waals surface area contributed by atoms with E-state index in [1.807, 2.05) is 0 Å². The van der Waals surface area contributed by atoms with Crippen molar-refractivity contribution in [2.45, 2.75) is 6.92 Å². The molecule has 0 aliphatic carbocycles. The third kappa shape index (κ3) is 5.44. The normalized spacial score (nSPS) is 11.8. The fourth-order valence-corrected chi connectivity index (χ4v) is 7.97. The molecule has 0 unspecified atom stereocenters. The van der Waals surface area contributed by atoms with E-state index in [1.165, 1.54) is 93.9 Å². The molecule has 2 nitrogen and oxygen atoms in total. The smallest absolute Gasteiger partial charge is 0.0541 e. The van der Waals surface area contributed by atoms with Gasteiger partial charge in [0.15, 0.2) is 0 Å². The first-order valence-corrected chi connectivity index (χ1v) is 18.3. The van der Waals surface area contributed by atoms with Crippen molar-refractivity contribution in [3.63, 3.8) is 0 Å². The Morgan fingerprint density at radius 3 is 1.30 bits per heavy atom. The number of hydrogen-bond acceptors (Lipinski definition) is 0. The molecule has 10 rings (SSSR count). The van der Waals surface area contributed by atoms with Gasteiger partial charge in [-0.2, -0.15) is 0 Å². The number of para-hydroxylation sites is 3. The van der Waals surface area contributed by atoms with Crippen molar-refractivity contribution in [2.75, 3.05) is 0 Å². The maximum atomic E-state index is 2.38. The van der Waals surface area contributed by atoms with E-state index in [0.717, 1.165) is 0 Å². The quantitative estimate of drug-likeness (QED) is 0.155. The second-order valence-electron chi connectivity index (χ2n) is 13.9. The maximum Gasteiger partial charge on any atom is 0.0541 e. The minimum absolute atomic E-state index is 1.17. The Bertz CT molecular complexity index is 2920. The fourth-order valence-electron chi connectivity index (χ4n) is 7.97. The molecule has 0 saturated carbocycles. The van der Waals surface area contributed by atoms with Crippen LogP contribution in [0.25, 0.3) is 89.4 Å². The van der Waals surface area contributed by atoms with Crippen molar-refractivity contribution in [3.8, 4) is 33.6 Å². The number of rotatable bonds is 6. The zero-order chi connectivity index (χ0) is 35.3. The molecular weight excluding hydrogens is 641 g/mol. The molecule has 2 heteroatoms. The number of benzene rings is 8. The third-order valence-electron chi connectivity index (χ3n) is 10.6.